The lowest BCUT2D eigenvalue weighted by Gasteiger charge is -2.31. The molecule has 0 spiro atoms. The first-order valence-corrected chi connectivity index (χ1v) is 6.63. The Balaban J connectivity index is 2.01. The van der Waals surface area contributed by atoms with Gasteiger partial charge in [-0.3, -0.25) is 19.3 Å². The number of carboxylic acid groups (broad SMARTS) is 1. The maximum atomic E-state index is 12.0. The van der Waals surface area contributed by atoms with Gasteiger partial charge >= 0.3 is 5.97 Å². The molecule has 21 heavy (non-hydrogen) atoms. The van der Waals surface area contributed by atoms with Crippen molar-refractivity contribution in [3.63, 3.8) is 0 Å². The molecule has 2 amide bonds. The summed E-state index contributed by atoms with van der Waals surface area (Å²) in [5.41, 5.74) is 0.442. The van der Waals surface area contributed by atoms with Gasteiger partial charge in [0.1, 0.15) is 6.04 Å². The summed E-state index contributed by atoms with van der Waals surface area (Å²) in [6.45, 7) is -0.351. The van der Waals surface area contributed by atoms with E-state index < -0.39 is 17.9 Å². The van der Waals surface area contributed by atoms with Crippen molar-refractivity contribution in [1.82, 2.24) is 10.2 Å². The zero-order chi connectivity index (χ0) is 15.4. The van der Waals surface area contributed by atoms with Crippen LogP contribution in [0.2, 0.25) is 5.02 Å². The zero-order valence-corrected chi connectivity index (χ0v) is 11.8. The lowest BCUT2D eigenvalue weighted by molar-refractivity contribution is -0.146. The van der Waals surface area contributed by atoms with Crippen LogP contribution < -0.4 is 10.6 Å². The molecule has 8 heteroatoms. The van der Waals surface area contributed by atoms with E-state index in [0.29, 0.717) is 10.7 Å². The van der Waals surface area contributed by atoms with Crippen LogP contribution in [0.5, 0.6) is 0 Å². The van der Waals surface area contributed by atoms with Gasteiger partial charge in [-0.2, -0.15) is 0 Å². The highest BCUT2D eigenvalue weighted by Gasteiger charge is 2.32. The number of nitrogens with zero attached hydrogens (tertiary/aromatic N) is 1. The molecule has 2 rings (SSSR count). The van der Waals surface area contributed by atoms with Crippen molar-refractivity contribution in [2.75, 3.05) is 25.0 Å². The van der Waals surface area contributed by atoms with Crippen LogP contribution in [-0.4, -0.2) is 53.5 Å². The molecule has 1 aliphatic rings. The van der Waals surface area contributed by atoms with E-state index in [1.165, 1.54) is 4.90 Å². The summed E-state index contributed by atoms with van der Waals surface area (Å²) >= 11 is 5.93. The highest BCUT2D eigenvalue weighted by Crippen LogP contribution is 2.20. The SMILES string of the molecule is O=C1CN(CC(=O)Nc2ccccc2Cl)C(C(=O)O)CN1. The second-order valence-electron chi connectivity index (χ2n) is 4.59. The van der Waals surface area contributed by atoms with E-state index in [-0.39, 0.29) is 25.5 Å². The van der Waals surface area contributed by atoms with E-state index in [9.17, 15) is 14.4 Å². The predicted molar refractivity (Wildman–Crippen MR) is 76.1 cm³/mol. The van der Waals surface area contributed by atoms with Crippen LogP contribution in [0.3, 0.4) is 0 Å². The fourth-order valence-corrected chi connectivity index (χ4v) is 2.22. The molecule has 0 aromatic heterocycles. The monoisotopic (exact) mass is 311 g/mol. The zero-order valence-electron chi connectivity index (χ0n) is 11.0. The van der Waals surface area contributed by atoms with Crippen molar-refractivity contribution in [2.24, 2.45) is 0 Å². The van der Waals surface area contributed by atoms with Crippen molar-refractivity contribution in [2.45, 2.75) is 6.04 Å². The molecule has 1 saturated heterocycles. The van der Waals surface area contributed by atoms with Crippen molar-refractivity contribution < 1.29 is 19.5 Å². The summed E-state index contributed by atoms with van der Waals surface area (Å²) in [5.74, 6) is -1.82. The molecule has 1 atom stereocenters. The topological polar surface area (TPSA) is 98.7 Å². The maximum Gasteiger partial charge on any atom is 0.322 e. The van der Waals surface area contributed by atoms with Gasteiger partial charge in [0.05, 0.1) is 23.8 Å². The van der Waals surface area contributed by atoms with E-state index in [2.05, 4.69) is 10.6 Å². The Morgan fingerprint density at radius 2 is 2.14 bits per heavy atom. The number of nitrogens with one attached hydrogen (secondary N) is 2. The molecule has 0 saturated carbocycles. The molecule has 3 N–H and O–H groups in total. The Morgan fingerprint density at radius 1 is 1.43 bits per heavy atom. The predicted octanol–water partition coefficient (Wildman–Crippen LogP) is 0.163. The number of amides is 2. The van der Waals surface area contributed by atoms with Gasteiger partial charge in [0.15, 0.2) is 0 Å². The van der Waals surface area contributed by atoms with Gasteiger partial charge in [-0.05, 0) is 12.1 Å². The van der Waals surface area contributed by atoms with Gasteiger partial charge in [0, 0.05) is 6.54 Å². The number of halogens is 1. The van der Waals surface area contributed by atoms with Crippen molar-refractivity contribution in [1.29, 1.82) is 0 Å². The Bertz CT molecular complexity index is 578. The van der Waals surface area contributed by atoms with Crippen LogP contribution in [0.4, 0.5) is 5.69 Å². The standard InChI is InChI=1S/C13H14ClN3O4/c14-8-3-1-2-4-9(8)16-12(19)7-17-6-11(18)15-5-10(17)13(20)21/h1-4,10H,5-7H2,(H,15,18)(H,16,19)(H,20,21). The quantitative estimate of drug-likeness (QED) is 0.736. The Kier molecular flexibility index (Phi) is 4.77. The van der Waals surface area contributed by atoms with Crippen LogP contribution >= 0.6 is 11.6 Å². The number of hydrogen-bond donors (Lipinski definition) is 3. The van der Waals surface area contributed by atoms with Crippen molar-refractivity contribution in [3.8, 4) is 0 Å². The summed E-state index contributed by atoms with van der Waals surface area (Å²) in [6.07, 6.45) is 0. The molecule has 1 heterocycles. The fraction of sp³-hybridized carbons (Fsp3) is 0.308. The highest BCUT2D eigenvalue weighted by molar-refractivity contribution is 6.33. The number of carboxylic acids is 1. The van der Waals surface area contributed by atoms with Crippen LogP contribution in [-0.2, 0) is 14.4 Å². The van der Waals surface area contributed by atoms with Crippen LogP contribution in [0.1, 0.15) is 0 Å². The molecule has 0 radical (unpaired) electrons. The van der Waals surface area contributed by atoms with Gasteiger partial charge in [0.25, 0.3) is 0 Å². The normalized spacial score (nSPS) is 18.9. The first kappa shape index (κ1) is 15.3. The number of benzene rings is 1. The average molecular weight is 312 g/mol. The Hall–Kier alpha value is -2.12. The van der Waals surface area contributed by atoms with Crippen molar-refractivity contribution >= 4 is 35.1 Å². The molecule has 7 nitrogen and oxygen atoms in total. The summed E-state index contributed by atoms with van der Waals surface area (Å²) < 4.78 is 0. The molecule has 1 aliphatic heterocycles. The largest absolute Gasteiger partial charge is 0.480 e. The van der Waals surface area contributed by atoms with Gasteiger partial charge < -0.3 is 15.7 Å². The minimum atomic E-state index is -1.08. The third-order valence-electron chi connectivity index (χ3n) is 3.06. The molecule has 1 fully saturated rings. The van der Waals surface area contributed by atoms with E-state index in [1.807, 2.05) is 0 Å². The summed E-state index contributed by atoms with van der Waals surface area (Å²) in [4.78, 5) is 35.7. The number of hydrogen-bond acceptors (Lipinski definition) is 4. The third-order valence-corrected chi connectivity index (χ3v) is 3.39. The molecular formula is C13H14ClN3O4. The number of anilines is 1. The van der Waals surface area contributed by atoms with E-state index >= 15 is 0 Å². The third kappa shape index (κ3) is 3.93. The smallest absolute Gasteiger partial charge is 0.322 e. The Labute approximate surface area is 125 Å². The molecule has 0 bridgehead atoms. The lowest BCUT2D eigenvalue weighted by Crippen LogP contribution is -2.58. The number of aliphatic carboxylic acids is 1. The molecular weight excluding hydrogens is 298 g/mol. The summed E-state index contributed by atoms with van der Waals surface area (Å²) in [6, 6.07) is 5.80. The highest BCUT2D eigenvalue weighted by atomic mass is 35.5. The number of carbonyl (C=O) groups excluding carboxylic acids is 2. The number of carbonyl (C=O) groups is 3. The first-order chi connectivity index (χ1) is 9.97. The Morgan fingerprint density at radius 3 is 2.81 bits per heavy atom. The number of para-hydroxylation sites is 1. The van der Waals surface area contributed by atoms with Crippen LogP contribution in [0.25, 0.3) is 0 Å². The molecule has 1 aromatic rings. The van der Waals surface area contributed by atoms with Gasteiger partial charge in [-0.25, -0.2) is 0 Å². The van der Waals surface area contributed by atoms with E-state index in [0.717, 1.165) is 0 Å². The van der Waals surface area contributed by atoms with E-state index in [4.69, 9.17) is 16.7 Å². The van der Waals surface area contributed by atoms with E-state index in [1.54, 1.807) is 24.3 Å². The second-order valence-corrected chi connectivity index (χ2v) is 5.00. The first-order valence-electron chi connectivity index (χ1n) is 6.25. The van der Waals surface area contributed by atoms with Gasteiger partial charge in [0.2, 0.25) is 11.8 Å². The van der Waals surface area contributed by atoms with Crippen LogP contribution in [0.15, 0.2) is 24.3 Å². The summed E-state index contributed by atoms with van der Waals surface area (Å²) in [7, 11) is 0. The number of piperazine rings is 1. The molecule has 0 aliphatic carbocycles. The second kappa shape index (κ2) is 6.55. The fourth-order valence-electron chi connectivity index (χ4n) is 2.04. The molecule has 112 valence electrons. The average Bonchev–Trinajstić information content (AvgIpc) is 2.41. The van der Waals surface area contributed by atoms with Gasteiger partial charge in [-0.15, -0.1) is 0 Å². The summed E-state index contributed by atoms with van der Waals surface area (Å²) in [5, 5.41) is 14.5. The molecule has 1 unspecified atom stereocenters. The van der Waals surface area contributed by atoms with Crippen LogP contribution in [0, 0.1) is 0 Å². The minimum absolute atomic E-state index is 0.0203. The molecule has 1 aromatic carbocycles. The lowest BCUT2D eigenvalue weighted by atomic mass is 10.2. The number of rotatable bonds is 4. The maximum absolute atomic E-state index is 12.0. The van der Waals surface area contributed by atoms with Gasteiger partial charge in [-0.1, -0.05) is 23.7 Å². The minimum Gasteiger partial charge on any atom is -0.480 e. The van der Waals surface area contributed by atoms with Crippen molar-refractivity contribution in [3.05, 3.63) is 29.3 Å².